The van der Waals surface area contributed by atoms with E-state index in [2.05, 4.69) is 10.3 Å². The summed E-state index contributed by atoms with van der Waals surface area (Å²) in [6.45, 7) is 1.95. The number of aryl methyl sites for hydroxylation is 1. The predicted octanol–water partition coefficient (Wildman–Crippen LogP) is 3.04. The van der Waals surface area contributed by atoms with Crippen LogP contribution in [-0.4, -0.2) is 9.91 Å². The molecule has 0 fully saturated rings. The quantitative estimate of drug-likeness (QED) is 0.648. The molecule has 0 aliphatic carbocycles. The number of nitro benzene ring substituents is 1. The van der Waals surface area contributed by atoms with Crippen molar-refractivity contribution in [2.45, 2.75) is 6.92 Å². The number of hydrogen-bond acceptors (Lipinski definition) is 4. The fourth-order valence-corrected chi connectivity index (χ4v) is 1.42. The summed E-state index contributed by atoms with van der Waals surface area (Å²) >= 11 is 0. The highest BCUT2D eigenvalue weighted by atomic mass is 16.6. The van der Waals surface area contributed by atoms with E-state index in [4.69, 9.17) is 0 Å². The molecule has 5 heteroatoms. The summed E-state index contributed by atoms with van der Waals surface area (Å²) < 4.78 is 0. The number of nitrogens with zero attached hydrogens (tertiary/aromatic N) is 2. The molecule has 0 aliphatic rings. The number of benzene rings is 1. The number of pyridine rings is 1. The molecule has 1 N–H and O–H groups in total. The molecule has 2 rings (SSSR count). The van der Waals surface area contributed by atoms with Crippen molar-refractivity contribution >= 4 is 17.2 Å². The third-order valence-electron chi connectivity index (χ3n) is 2.35. The molecule has 0 atom stereocenters. The van der Waals surface area contributed by atoms with E-state index in [0.717, 1.165) is 17.1 Å². The average Bonchev–Trinajstić information content (AvgIpc) is 2.33. The van der Waals surface area contributed by atoms with Crippen LogP contribution < -0.4 is 5.32 Å². The summed E-state index contributed by atoms with van der Waals surface area (Å²) in [6, 6.07) is 10.0. The molecular weight excluding hydrogens is 218 g/mol. The molecule has 0 saturated heterocycles. The molecule has 1 heterocycles. The van der Waals surface area contributed by atoms with E-state index in [0.29, 0.717) is 0 Å². The number of nitro groups is 1. The highest BCUT2D eigenvalue weighted by Crippen LogP contribution is 2.20. The molecule has 0 amide bonds. The lowest BCUT2D eigenvalue weighted by atomic mass is 10.2. The minimum atomic E-state index is -0.421. The standard InChI is InChI=1S/C12H11N3O2/c1-9-3-2-8-13-12(9)14-10-4-6-11(7-5-10)15(16)17/h2-8H,1H3,(H,13,14). The Morgan fingerprint density at radius 2 is 1.94 bits per heavy atom. The number of nitrogens with one attached hydrogen (secondary N) is 1. The second kappa shape index (κ2) is 4.61. The van der Waals surface area contributed by atoms with Gasteiger partial charge in [-0.1, -0.05) is 6.07 Å². The normalized spacial score (nSPS) is 9.94. The van der Waals surface area contributed by atoms with E-state index in [1.165, 1.54) is 12.1 Å². The second-order valence-corrected chi connectivity index (χ2v) is 3.60. The Morgan fingerprint density at radius 1 is 1.24 bits per heavy atom. The summed E-state index contributed by atoms with van der Waals surface area (Å²) in [6.07, 6.45) is 1.70. The van der Waals surface area contributed by atoms with Crippen molar-refractivity contribution in [3.8, 4) is 0 Å². The van der Waals surface area contributed by atoms with Crippen LogP contribution in [0.3, 0.4) is 0 Å². The van der Waals surface area contributed by atoms with Crippen molar-refractivity contribution in [2.75, 3.05) is 5.32 Å². The van der Waals surface area contributed by atoms with Crippen LogP contribution in [0.2, 0.25) is 0 Å². The molecule has 1 aromatic carbocycles. The fraction of sp³-hybridized carbons (Fsp3) is 0.0833. The van der Waals surface area contributed by atoms with Gasteiger partial charge in [0.1, 0.15) is 5.82 Å². The Kier molecular flexibility index (Phi) is 3.00. The summed E-state index contributed by atoms with van der Waals surface area (Å²) in [4.78, 5) is 14.3. The molecule has 86 valence electrons. The van der Waals surface area contributed by atoms with Crippen LogP contribution in [0.15, 0.2) is 42.6 Å². The van der Waals surface area contributed by atoms with Crippen molar-refractivity contribution in [1.29, 1.82) is 0 Å². The van der Waals surface area contributed by atoms with Gasteiger partial charge in [0.25, 0.3) is 5.69 Å². The van der Waals surface area contributed by atoms with Crippen molar-refractivity contribution in [1.82, 2.24) is 4.98 Å². The molecule has 2 aromatic rings. The zero-order chi connectivity index (χ0) is 12.3. The average molecular weight is 229 g/mol. The van der Waals surface area contributed by atoms with Crippen LogP contribution in [0, 0.1) is 17.0 Å². The van der Waals surface area contributed by atoms with Gasteiger partial charge in [-0.05, 0) is 30.7 Å². The first-order valence-electron chi connectivity index (χ1n) is 5.10. The zero-order valence-corrected chi connectivity index (χ0v) is 9.25. The lowest BCUT2D eigenvalue weighted by Gasteiger charge is -2.07. The smallest absolute Gasteiger partial charge is 0.269 e. The highest BCUT2D eigenvalue weighted by Gasteiger charge is 2.04. The van der Waals surface area contributed by atoms with Gasteiger partial charge in [0.15, 0.2) is 0 Å². The molecule has 0 spiro atoms. The van der Waals surface area contributed by atoms with Crippen LogP contribution in [0.1, 0.15) is 5.56 Å². The molecule has 0 unspecified atom stereocenters. The Hall–Kier alpha value is -2.43. The lowest BCUT2D eigenvalue weighted by molar-refractivity contribution is -0.384. The fourth-order valence-electron chi connectivity index (χ4n) is 1.42. The first kappa shape index (κ1) is 11.1. The van der Waals surface area contributed by atoms with Crippen LogP contribution in [-0.2, 0) is 0 Å². The maximum absolute atomic E-state index is 10.5. The Morgan fingerprint density at radius 3 is 2.53 bits per heavy atom. The number of non-ortho nitro benzene ring substituents is 1. The summed E-state index contributed by atoms with van der Waals surface area (Å²) in [7, 11) is 0. The van der Waals surface area contributed by atoms with Crippen LogP contribution in [0.25, 0.3) is 0 Å². The van der Waals surface area contributed by atoms with Crippen LogP contribution in [0.5, 0.6) is 0 Å². The van der Waals surface area contributed by atoms with Gasteiger partial charge in [0, 0.05) is 24.0 Å². The predicted molar refractivity (Wildman–Crippen MR) is 65.4 cm³/mol. The molecule has 0 aliphatic heterocycles. The third kappa shape index (κ3) is 2.57. The minimum Gasteiger partial charge on any atom is -0.340 e. The van der Waals surface area contributed by atoms with Gasteiger partial charge in [0.2, 0.25) is 0 Å². The summed E-state index contributed by atoms with van der Waals surface area (Å²) in [5.74, 6) is 0.751. The number of hydrogen-bond donors (Lipinski definition) is 1. The lowest BCUT2D eigenvalue weighted by Crippen LogP contribution is -1.96. The van der Waals surface area contributed by atoms with E-state index in [-0.39, 0.29) is 5.69 Å². The molecule has 0 bridgehead atoms. The molecule has 1 aromatic heterocycles. The molecule has 5 nitrogen and oxygen atoms in total. The molecular formula is C12H11N3O2. The van der Waals surface area contributed by atoms with E-state index in [1.807, 2.05) is 19.1 Å². The van der Waals surface area contributed by atoms with Crippen LogP contribution in [0.4, 0.5) is 17.2 Å². The van der Waals surface area contributed by atoms with Crippen molar-refractivity contribution in [2.24, 2.45) is 0 Å². The van der Waals surface area contributed by atoms with Gasteiger partial charge in [0.05, 0.1) is 4.92 Å². The Bertz CT molecular complexity index is 538. The van der Waals surface area contributed by atoms with Crippen molar-refractivity contribution < 1.29 is 4.92 Å². The van der Waals surface area contributed by atoms with E-state index >= 15 is 0 Å². The summed E-state index contributed by atoms with van der Waals surface area (Å²) in [5.41, 5.74) is 1.87. The molecule has 0 radical (unpaired) electrons. The zero-order valence-electron chi connectivity index (χ0n) is 9.25. The topological polar surface area (TPSA) is 68.1 Å². The number of aromatic nitrogens is 1. The van der Waals surface area contributed by atoms with Gasteiger partial charge in [-0.2, -0.15) is 0 Å². The van der Waals surface area contributed by atoms with E-state index in [9.17, 15) is 10.1 Å². The minimum absolute atomic E-state index is 0.0771. The van der Waals surface area contributed by atoms with Gasteiger partial charge < -0.3 is 5.32 Å². The van der Waals surface area contributed by atoms with Crippen molar-refractivity contribution in [3.05, 3.63) is 58.3 Å². The van der Waals surface area contributed by atoms with Crippen LogP contribution >= 0.6 is 0 Å². The van der Waals surface area contributed by atoms with Gasteiger partial charge in [-0.15, -0.1) is 0 Å². The third-order valence-corrected chi connectivity index (χ3v) is 2.35. The Labute approximate surface area is 98.3 Å². The first-order valence-corrected chi connectivity index (χ1v) is 5.10. The van der Waals surface area contributed by atoms with Gasteiger partial charge in [-0.25, -0.2) is 4.98 Å². The second-order valence-electron chi connectivity index (χ2n) is 3.60. The first-order chi connectivity index (χ1) is 8.16. The maximum atomic E-state index is 10.5. The monoisotopic (exact) mass is 229 g/mol. The highest BCUT2D eigenvalue weighted by molar-refractivity contribution is 5.60. The summed E-state index contributed by atoms with van der Waals surface area (Å²) in [5, 5.41) is 13.6. The van der Waals surface area contributed by atoms with E-state index < -0.39 is 4.92 Å². The number of anilines is 2. The SMILES string of the molecule is Cc1cccnc1Nc1ccc([N+](=O)[O-])cc1. The molecule has 0 saturated carbocycles. The van der Waals surface area contributed by atoms with Gasteiger partial charge in [-0.3, -0.25) is 10.1 Å². The van der Waals surface area contributed by atoms with Crippen molar-refractivity contribution in [3.63, 3.8) is 0 Å². The number of rotatable bonds is 3. The van der Waals surface area contributed by atoms with E-state index in [1.54, 1.807) is 18.3 Å². The molecule has 17 heavy (non-hydrogen) atoms. The largest absolute Gasteiger partial charge is 0.340 e. The maximum Gasteiger partial charge on any atom is 0.269 e. The Balaban J connectivity index is 2.20. The van der Waals surface area contributed by atoms with Gasteiger partial charge >= 0.3 is 0 Å².